The van der Waals surface area contributed by atoms with E-state index in [2.05, 4.69) is 21.0 Å². The number of ether oxygens (including phenoxy) is 1. The van der Waals surface area contributed by atoms with Crippen molar-refractivity contribution in [1.29, 1.82) is 0 Å². The number of hydrogen-bond donors (Lipinski definition) is 0. The van der Waals surface area contributed by atoms with Crippen LogP contribution in [0, 0.1) is 5.82 Å². The molecule has 0 saturated heterocycles. The summed E-state index contributed by atoms with van der Waals surface area (Å²) in [6.45, 7) is 1.93. The summed E-state index contributed by atoms with van der Waals surface area (Å²) in [4.78, 5) is 11.3. The van der Waals surface area contributed by atoms with E-state index in [1.165, 1.54) is 16.9 Å². The second-order valence-corrected chi connectivity index (χ2v) is 4.81. The van der Waals surface area contributed by atoms with Crippen LogP contribution in [-0.4, -0.2) is 22.4 Å². The van der Waals surface area contributed by atoms with Gasteiger partial charge in [0.2, 0.25) is 0 Å². The van der Waals surface area contributed by atoms with Gasteiger partial charge < -0.3 is 4.74 Å². The van der Waals surface area contributed by atoms with Crippen LogP contribution in [0.15, 0.2) is 16.7 Å². The zero-order valence-electron chi connectivity index (χ0n) is 9.41. The molecule has 1 heterocycles. The highest BCUT2D eigenvalue weighted by Crippen LogP contribution is 2.30. The monoisotopic (exact) mass is 334 g/mol. The number of aromatic nitrogens is 2. The maximum absolute atomic E-state index is 13.8. The maximum atomic E-state index is 13.8. The van der Waals surface area contributed by atoms with Crippen molar-refractivity contribution in [2.45, 2.75) is 13.5 Å². The molecule has 0 aliphatic carbocycles. The van der Waals surface area contributed by atoms with Gasteiger partial charge in [0, 0.05) is 11.6 Å². The molecule has 0 unspecified atom stereocenters. The van der Waals surface area contributed by atoms with E-state index in [1.807, 2.05) is 0 Å². The van der Waals surface area contributed by atoms with E-state index in [0.29, 0.717) is 17.0 Å². The van der Waals surface area contributed by atoms with Gasteiger partial charge in [-0.15, -0.1) is 0 Å². The molecule has 0 aliphatic rings. The van der Waals surface area contributed by atoms with E-state index in [0.717, 1.165) is 0 Å². The van der Waals surface area contributed by atoms with Gasteiger partial charge in [-0.25, -0.2) is 4.39 Å². The van der Waals surface area contributed by atoms with Gasteiger partial charge in [0.25, 0.3) is 0 Å². The standard InChI is InChI=1S/C11H9BrClFN2O2/c1-2-18-9(17)5-16-4-6-8(13)3-7(12)10(14)11(6)15-16/h3-4H,2,5H2,1H3. The number of esters is 1. The maximum Gasteiger partial charge on any atom is 0.327 e. The zero-order chi connectivity index (χ0) is 13.3. The first-order valence-electron chi connectivity index (χ1n) is 5.19. The van der Waals surface area contributed by atoms with Gasteiger partial charge >= 0.3 is 5.97 Å². The van der Waals surface area contributed by atoms with Gasteiger partial charge in [-0.3, -0.25) is 9.48 Å². The molecule has 0 radical (unpaired) electrons. The summed E-state index contributed by atoms with van der Waals surface area (Å²) < 4.78 is 20.1. The Labute approximate surface area is 116 Å². The van der Waals surface area contributed by atoms with Crippen LogP contribution in [0.3, 0.4) is 0 Å². The third-order valence-corrected chi connectivity index (χ3v) is 3.18. The van der Waals surface area contributed by atoms with Gasteiger partial charge in [0.1, 0.15) is 12.1 Å². The molecule has 1 aromatic heterocycles. The number of halogens is 3. The average Bonchev–Trinajstić information content (AvgIpc) is 2.71. The van der Waals surface area contributed by atoms with Crippen LogP contribution in [0.25, 0.3) is 10.9 Å². The molecule has 0 N–H and O–H groups in total. The van der Waals surface area contributed by atoms with E-state index in [9.17, 15) is 9.18 Å². The fourth-order valence-corrected chi connectivity index (χ4v) is 2.34. The fraction of sp³-hybridized carbons (Fsp3) is 0.273. The third kappa shape index (κ3) is 2.49. The number of benzene rings is 1. The lowest BCUT2D eigenvalue weighted by Gasteiger charge is -2.00. The quantitative estimate of drug-likeness (QED) is 0.639. The summed E-state index contributed by atoms with van der Waals surface area (Å²) in [5.41, 5.74) is 0.124. The lowest BCUT2D eigenvalue weighted by molar-refractivity contribution is -0.144. The second kappa shape index (κ2) is 5.24. The first kappa shape index (κ1) is 13.3. The molecule has 1 aromatic carbocycles. The minimum absolute atomic E-state index is 0.0735. The molecule has 18 heavy (non-hydrogen) atoms. The minimum Gasteiger partial charge on any atom is -0.465 e. The van der Waals surface area contributed by atoms with Crippen LogP contribution in [0.4, 0.5) is 4.39 Å². The topological polar surface area (TPSA) is 44.1 Å². The lowest BCUT2D eigenvalue weighted by Crippen LogP contribution is -2.13. The molecule has 0 saturated carbocycles. The van der Waals surface area contributed by atoms with E-state index in [1.54, 1.807) is 6.92 Å². The van der Waals surface area contributed by atoms with Crippen molar-refractivity contribution in [3.63, 3.8) is 0 Å². The van der Waals surface area contributed by atoms with Crippen molar-refractivity contribution in [3.05, 3.63) is 27.6 Å². The van der Waals surface area contributed by atoms with Gasteiger partial charge in [-0.05, 0) is 28.9 Å². The molecule has 96 valence electrons. The van der Waals surface area contributed by atoms with Crippen molar-refractivity contribution in [1.82, 2.24) is 9.78 Å². The van der Waals surface area contributed by atoms with E-state index >= 15 is 0 Å². The number of nitrogens with zero attached hydrogens (tertiary/aromatic N) is 2. The summed E-state index contributed by atoms with van der Waals surface area (Å²) >= 11 is 9.03. The van der Waals surface area contributed by atoms with Crippen molar-refractivity contribution in [2.75, 3.05) is 6.61 Å². The Bertz CT molecular complexity index is 615. The van der Waals surface area contributed by atoms with Crippen molar-refractivity contribution < 1.29 is 13.9 Å². The number of carbonyl (C=O) groups excluding carboxylic acids is 1. The highest BCUT2D eigenvalue weighted by molar-refractivity contribution is 9.10. The first-order chi connectivity index (χ1) is 8.52. The molecule has 0 atom stereocenters. The summed E-state index contributed by atoms with van der Waals surface area (Å²) in [5, 5.41) is 4.81. The largest absolute Gasteiger partial charge is 0.465 e. The van der Waals surface area contributed by atoms with Crippen LogP contribution in [0.1, 0.15) is 6.92 Å². The third-order valence-electron chi connectivity index (χ3n) is 2.29. The summed E-state index contributed by atoms with van der Waals surface area (Å²) in [7, 11) is 0. The second-order valence-electron chi connectivity index (χ2n) is 3.55. The summed E-state index contributed by atoms with van der Waals surface area (Å²) in [5.74, 6) is -0.932. The van der Waals surface area contributed by atoms with Gasteiger partial charge in [0.05, 0.1) is 16.1 Å². The van der Waals surface area contributed by atoms with Crippen LogP contribution < -0.4 is 0 Å². The minimum atomic E-state index is -0.503. The van der Waals surface area contributed by atoms with E-state index in [-0.39, 0.29) is 16.5 Å². The van der Waals surface area contributed by atoms with Gasteiger partial charge in [-0.1, -0.05) is 11.6 Å². The Balaban J connectivity index is 2.41. The van der Waals surface area contributed by atoms with Crippen molar-refractivity contribution in [2.24, 2.45) is 0 Å². The molecule has 7 heteroatoms. The number of fused-ring (bicyclic) bond motifs is 1. The summed E-state index contributed by atoms with van der Waals surface area (Å²) in [6, 6.07) is 1.45. The van der Waals surface area contributed by atoms with Crippen LogP contribution >= 0.6 is 27.5 Å². The molecule has 0 fully saturated rings. The van der Waals surface area contributed by atoms with Crippen LogP contribution in [0.5, 0.6) is 0 Å². The molecule has 0 bridgehead atoms. The SMILES string of the molecule is CCOC(=O)Cn1cc2c(Cl)cc(Br)c(F)c2n1. The summed E-state index contributed by atoms with van der Waals surface area (Å²) in [6.07, 6.45) is 1.52. The molecule has 0 spiro atoms. The van der Waals surface area contributed by atoms with E-state index < -0.39 is 11.8 Å². The smallest absolute Gasteiger partial charge is 0.327 e. The highest BCUT2D eigenvalue weighted by Gasteiger charge is 2.15. The van der Waals surface area contributed by atoms with Crippen LogP contribution in [-0.2, 0) is 16.1 Å². The Hall–Kier alpha value is -1.14. The number of rotatable bonds is 3. The number of hydrogen-bond acceptors (Lipinski definition) is 3. The Kier molecular flexibility index (Phi) is 3.87. The van der Waals surface area contributed by atoms with Gasteiger partial charge in [-0.2, -0.15) is 5.10 Å². The first-order valence-corrected chi connectivity index (χ1v) is 6.36. The predicted octanol–water partition coefficient (Wildman–Crippen LogP) is 3.15. The predicted molar refractivity (Wildman–Crippen MR) is 69.0 cm³/mol. The lowest BCUT2D eigenvalue weighted by atomic mass is 10.2. The Morgan fingerprint density at radius 1 is 1.67 bits per heavy atom. The Morgan fingerprint density at radius 3 is 3.06 bits per heavy atom. The Morgan fingerprint density at radius 2 is 2.39 bits per heavy atom. The van der Waals surface area contributed by atoms with Gasteiger partial charge in [0.15, 0.2) is 5.82 Å². The fourth-order valence-electron chi connectivity index (χ4n) is 1.54. The normalized spacial score (nSPS) is 10.9. The van der Waals surface area contributed by atoms with E-state index in [4.69, 9.17) is 16.3 Å². The van der Waals surface area contributed by atoms with Crippen LogP contribution in [0.2, 0.25) is 5.02 Å². The van der Waals surface area contributed by atoms with Crippen molar-refractivity contribution in [3.8, 4) is 0 Å². The molecule has 2 rings (SSSR count). The highest BCUT2D eigenvalue weighted by atomic mass is 79.9. The molecular formula is C11H9BrClFN2O2. The molecule has 0 aliphatic heterocycles. The number of carbonyl (C=O) groups is 1. The molecule has 0 amide bonds. The molecular weight excluding hydrogens is 326 g/mol. The average molecular weight is 336 g/mol. The molecule has 2 aromatic rings. The zero-order valence-corrected chi connectivity index (χ0v) is 11.8. The van der Waals surface area contributed by atoms with Crippen molar-refractivity contribution >= 4 is 44.4 Å². The molecule has 4 nitrogen and oxygen atoms in total.